The summed E-state index contributed by atoms with van der Waals surface area (Å²) < 4.78 is 10.1. The molecule has 1 aromatic rings. The summed E-state index contributed by atoms with van der Waals surface area (Å²) in [6, 6.07) is 7.24. The van der Waals surface area contributed by atoms with E-state index in [1.54, 1.807) is 19.2 Å². The van der Waals surface area contributed by atoms with Crippen molar-refractivity contribution in [2.45, 2.75) is 33.0 Å². The molecule has 18 heavy (non-hydrogen) atoms. The summed E-state index contributed by atoms with van der Waals surface area (Å²) in [4.78, 5) is 11.5. The Morgan fingerprint density at radius 2 is 1.94 bits per heavy atom. The first-order chi connectivity index (χ1) is 8.58. The molecule has 0 aromatic heterocycles. The molecule has 4 nitrogen and oxygen atoms in total. The van der Waals surface area contributed by atoms with Crippen LogP contribution in [0.25, 0.3) is 0 Å². The summed E-state index contributed by atoms with van der Waals surface area (Å²) in [5, 5.41) is 9.65. The predicted octanol–water partition coefficient (Wildman–Crippen LogP) is 2.15. The van der Waals surface area contributed by atoms with E-state index in [0.717, 1.165) is 17.7 Å². The van der Waals surface area contributed by atoms with Crippen LogP contribution in [0.15, 0.2) is 24.3 Å². The predicted molar refractivity (Wildman–Crippen MR) is 68.3 cm³/mol. The summed E-state index contributed by atoms with van der Waals surface area (Å²) in [5.41, 5.74) is 0.862. The SMILES string of the molecule is CC[C@H](C)[C@H](O)C(=O)OCc1ccc(OC)cc1. The molecule has 1 N–H and O–H groups in total. The van der Waals surface area contributed by atoms with Gasteiger partial charge < -0.3 is 14.6 Å². The molecular formula is C14H20O4. The van der Waals surface area contributed by atoms with Gasteiger partial charge >= 0.3 is 5.97 Å². The first-order valence-corrected chi connectivity index (χ1v) is 6.06. The number of aliphatic hydroxyl groups excluding tert-OH is 1. The molecule has 1 aromatic carbocycles. The molecule has 0 aliphatic rings. The lowest BCUT2D eigenvalue weighted by Crippen LogP contribution is -2.29. The Kier molecular flexibility index (Phi) is 5.65. The molecule has 0 bridgehead atoms. The van der Waals surface area contributed by atoms with Crippen LogP contribution >= 0.6 is 0 Å². The first-order valence-electron chi connectivity index (χ1n) is 6.06. The normalized spacial score (nSPS) is 13.8. The van der Waals surface area contributed by atoms with Crippen LogP contribution in [0, 0.1) is 5.92 Å². The Labute approximate surface area is 108 Å². The van der Waals surface area contributed by atoms with Crippen LogP contribution in [0.3, 0.4) is 0 Å². The average molecular weight is 252 g/mol. The van der Waals surface area contributed by atoms with Gasteiger partial charge in [0, 0.05) is 0 Å². The minimum absolute atomic E-state index is 0.0895. The molecule has 0 aliphatic carbocycles. The summed E-state index contributed by atoms with van der Waals surface area (Å²) in [5.74, 6) is 0.0956. The van der Waals surface area contributed by atoms with E-state index in [2.05, 4.69) is 0 Å². The minimum atomic E-state index is -1.05. The van der Waals surface area contributed by atoms with Crippen LogP contribution in [0.5, 0.6) is 5.75 Å². The Morgan fingerprint density at radius 1 is 1.33 bits per heavy atom. The van der Waals surface area contributed by atoms with Gasteiger partial charge in [-0.05, 0) is 23.6 Å². The topological polar surface area (TPSA) is 55.8 Å². The Hall–Kier alpha value is -1.55. The van der Waals surface area contributed by atoms with Gasteiger partial charge in [-0.3, -0.25) is 0 Å². The summed E-state index contributed by atoms with van der Waals surface area (Å²) >= 11 is 0. The van der Waals surface area contributed by atoms with Gasteiger partial charge in [0.05, 0.1) is 7.11 Å². The maximum absolute atomic E-state index is 11.5. The zero-order valence-corrected chi connectivity index (χ0v) is 11.1. The molecule has 0 heterocycles. The third kappa shape index (κ3) is 4.04. The number of esters is 1. The lowest BCUT2D eigenvalue weighted by atomic mass is 10.0. The zero-order chi connectivity index (χ0) is 13.5. The van der Waals surface area contributed by atoms with Gasteiger partial charge in [-0.1, -0.05) is 32.4 Å². The number of rotatable bonds is 6. The van der Waals surface area contributed by atoms with Crippen molar-refractivity contribution in [1.29, 1.82) is 0 Å². The number of aliphatic hydroxyl groups is 1. The number of carbonyl (C=O) groups is 1. The summed E-state index contributed by atoms with van der Waals surface area (Å²) in [6.07, 6.45) is -0.313. The van der Waals surface area contributed by atoms with E-state index in [4.69, 9.17) is 9.47 Å². The highest BCUT2D eigenvalue weighted by molar-refractivity contribution is 5.74. The Morgan fingerprint density at radius 3 is 2.44 bits per heavy atom. The second kappa shape index (κ2) is 7.01. The van der Waals surface area contributed by atoms with Crippen molar-refractivity contribution in [3.05, 3.63) is 29.8 Å². The molecule has 0 unspecified atom stereocenters. The van der Waals surface area contributed by atoms with Gasteiger partial charge in [0.25, 0.3) is 0 Å². The van der Waals surface area contributed by atoms with Crippen LogP contribution in [-0.4, -0.2) is 24.3 Å². The van der Waals surface area contributed by atoms with Crippen LogP contribution < -0.4 is 4.74 Å². The molecule has 2 atom stereocenters. The molecule has 0 spiro atoms. The van der Waals surface area contributed by atoms with Crippen molar-refractivity contribution in [2.24, 2.45) is 5.92 Å². The van der Waals surface area contributed by atoms with Gasteiger partial charge in [0.1, 0.15) is 12.4 Å². The van der Waals surface area contributed by atoms with Crippen molar-refractivity contribution < 1.29 is 19.4 Å². The molecule has 0 radical (unpaired) electrons. The molecule has 0 saturated heterocycles. The van der Waals surface area contributed by atoms with Crippen LogP contribution in [0.2, 0.25) is 0 Å². The maximum atomic E-state index is 11.5. The smallest absolute Gasteiger partial charge is 0.335 e. The number of hydrogen-bond acceptors (Lipinski definition) is 4. The minimum Gasteiger partial charge on any atom is -0.497 e. The molecule has 0 saturated carbocycles. The lowest BCUT2D eigenvalue weighted by Gasteiger charge is -2.15. The number of hydrogen-bond donors (Lipinski definition) is 1. The molecule has 0 aliphatic heterocycles. The summed E-state index contributed by atoms with van der Waals surface area (Å²) in [7, 11) is 1.59. The number of methoxy groups -OCH3 is 1. The van der Waals surface area contributed by atoms with E-state index >= 15 is 0 Å². The zero-order valence-electron chi connectivity index (χ0n) is 11.1. The van der Waals surface area contributed by atoms with Crippen molar-refractivity contribution in [3.63, 3.8) is 0 Å². The van der Waals surface area contributed by atoms with E-state index in [0.29, 0.717) is 0 Å². The second-order valence-electron chi connectivity index (χ2n) is 4.29. The fourth-order valence-corrected chi connectivity index (χ4v) is 1.42. The van der Waals surface area contributed by atoms with E-state index in [1.807, 2.05) is 26.0 Å². The summed E-state index contributed by atoms with van der Waals surface area (Å²) in [6.45, 7) is 3.90. The van der Waals surface area contributed by atoms with Crippen molar-refractivity contribution in [3.8, 4) is 5.75 Å². The first kappa shape index (κ1) is 14.5. The largest absolute Gasteiger partial charge is 0.497 e. The van der Waals surface area contributed by atoms with Crippen LogP contribution in [0.4, 0.5) is 0 Å². The molecule has 4 heteroatoms. The molecular weight excluding hydrogens is 232 g/mol. The van der Waals surface area contributed by atoms with Crippen LogP contribution in [0.1, 0.15) is 25.8 Å². The Bertz CT molecular complexity index is 372. The van der Waals surface area contributed by atoms with Crippen molar-refractivity contribution >= 4 is 5.97 Å². The average Bonchev–Trinajstić information content (AvgIpc) is 2.43. The van der Waals surface area contributed by atoms with E-state index in [9.17, 15) is 9.90 Å². The molecule has 1 rings (SSSR count). The monoisotopic (exact) mass is 252 g/mol. The molecule has 0 fully saturated rings. The molecule has 0 amide bonds. The Balaban J connectivity index is 2.46. The standard InChI is InChI=1S/C14H20O4/c1-4-10(2)13(15)14(16)18-9-11-5-7-12(17-3)8-6-11/h5-8,10,13,15H,4,9H2,1-3H3/t10-,13-/m0/s1. The van der Waals surface area contributed by atoms with E-state index < -0.39 is 12.1 Å². The third-order valence-electron chi connectivity index (χ3n) is 2.96. The fourth-order valence-electron chi connectivity index (χ4n) is 1.42. The quantitative estimate of drug-likeness (QED) is 0.788. The van der Waals surface area contributed by atoms with Crippen molar-refractivity contribution in [1.82, 2.24) is 0 Å². The highest BCUT2D eigenvalue weighted by atomic mass is 16.5. The second-order valence-corrected chi connectivity index (χ2v) is 4.29. The van der Waals surface area contributed by atoms with E-state index in [-0.39, 0.29) is 12.5 Å². The molecule has 100 valence electrons. The fraction of sp³-hybridized carbons (Fsp3) is 0.500. The van der Waals surface area contributed by atoms with Crippen LogP contribution in [-0.2, 0) is 16.1 Å². The third-order valence-corrected chi connectivity index (χ3v) is 2.96. The highest BCUT2D eigenvalue weighted by Gasteiger charge is 2.22. The highest BCUT2D eigenvalue weighted by Crippen LogP contribution is 2.13. The number of benzene rings is 1. The lowest BCUT2D eigenvalue weighted by molar-refractivity contribution is -0.157. The van der Waals surface area contributed by atoms with Crippen molar-refractivity contribution in [2.75, 3.05) is 7.11 Å². The maximum Gasteiger partial charge on any atom is 0.335 e. The van der Waals surface area contributed by atoms with Gasteiger partial charge in [-0.15, -0.1) is 0 Å². The van der Waals surface area contributed by atoms with Gasteiger partial charge in [0.2, 0.25) is 0 Å². The number of ether oxygens (including phenoxy) is 2. The van der Waals surface area contributed by atoms with Gasteiger partial charge in [-0.25, -0.2) is 4.79 Å². The van der Waals surface area contributed by atoms with Gasteiger partial charge in [-0.2, -0.15) is 0 Å². The van der Waals surface area contributed by atoms with Gasteiger partial charge in [0.15, 0.2) is 6.10 Å². The number of carbonyl (C=O) groups excluding carboxylic acids is 1. The van der Waals surface area contributed by atoms with E-state index in [1.165, 1.54) is 0 Å².